The molecule has 0 radical (unpaired) electrons. The van der Waals surface area contributed by atoms with Crippen LogP contribution in [0.2, 0.25) is 0 Å². The molecule has 0 saturated heterocycles. The Morgan fingerprint density at radius 3 is 2.59 bits per heavy atom. The van der Waals surface area contributed by atoms with E-state index in [4.69, 9.17) is 4.74 Å². The van der Waals surface area contributed by atoms with Gasteiger partial charge in [0.2, 0.25) is 5.91 Å². The first kappa shape index (κ1) is 19.4. The molecule has 1 aliphatic carbocycles. The molecule has 1 aromatic heterocycles. The van der Waals surface area contributed by atoms with E-state index in [-0.39, 0.29) is 11.8 Å². The molecule has 152 valence electrons. The number of carbonyl (C=O) groups excluding carboxylic acids is 1. The Morgan fingerprint density at radius 1 is 1.21 bits per heavy atom. The van der Waals surface area contributed by atoms with E-state index in [1.807, 2.05) is 18.2 Å². The lowest BCUT2D eigenvalue weighted by atomic mass is 10.1. The standard InChI is InChI=1S/C22H21F3N2O2/c1-13-10-17(13)21(28)27-20-12-26-19-7-2-14(11-18(19)20)8-9-29-16-5-3-15(4-6-16)22(23,24)25/h2-7,11-13,17,26H,8-10H2,1H3,(H,27,28)/t13-,17-/m0/s1. The highest BCUT2D eigenvalue weighted by molar-refractivity contribution is 6.03. The molecule has 1 saturated carbocycles. The number of benzene rings is 2. The highest BCUT2D eigenvalue weighted by Crippen LogP contribution is 2.39. The molecule has 1 aliphatic rings. The van der Waals surface area contributed by atoms with Gasteiger partial charge in [-0.15, -0.1) is 0 Å². The summed E-state index contributed by atoms with van der Waals surface area (Å²) in [6, 6.07) is 10.6. The summed E-state index contributed by atoms with van der Waals surface area (Å²) in [5.41, 5.74) is 2.00. The van der Waals surface area contributed by atoms with E-state index < -0.39 is 11.7 Å². The van der Waals surface area contributed by atoms with E-state index in [2.05, 4.69) is 17.2 Å². The second-order valence-electron chi connectivity index (χ2n) is 7.51. The maximum absolute atomic E-state index is 12.6. The number of alkyl halides is 3. The van der Waals surface area contributed by atoms with Crippen LogP contribution in [0.15, 0.2) is 48.7 Å². The Balaban J connectivity index is 1.38. The maximum atomic E-state index is 12.6. The minimum Gasteiger partial charge on any atom is -0.493 e. The first-order chi connectivity index (χ1) is 13.8. The SMILES string of the molecule is C[C@H]1C[C@@H]1C(=O)Nc1c[nH]c2ccc(CCOc3ccc(C(F)(F)F)cc3)cc12. The number of fused-ring (bicyclic) bond motifs is 1. The number of rotatable bonds is 6. The number of hydrogen-bond donors (Lipinski definition) is 2. The van der Waals surface area contributed by atoms with Crippen molar-refractivity contribution in [2.75, 3.05) is 11.9 Å². The topological polar surface area (TPSA) is 54.1 Å². The number of H-pyrrole nitrogens is 1. The lowest BCUT2D eigenvalue weighted by molar-refractivity contribution is -0.137. The van der Waals surface area contributed by atoms with Gasteiger partial charge in [0.25, 0.3) is 0 Å². The van der Waals surface area contributed by atoms with Gasteiger partial charge in [0.05, 0.1) is 17.9 Å². The fraction of sp³-hybridized carbons (Fsp3) is 0.318. The van der Waals surface area contributed by atoms with Gasteiger partial charge in [-0.2, -0.15) is 13.2 Å². The molecule has 4 nitrogen and oxygen atoms in total. The molecule has 2 atom stereocenters. The van der Waals surface area contributed by atoms with Crippen LogP contribution in [0.25, 0.3) is 10.9 Å². The molecule has 7 heteroatoms. The zero-order valence-electron chi connectivity index (χ0n) is 15.8. The second-order valence-corrected chi connectivity index (χ2v) is 7.51. The highest BCUT2D eigenvalue weighted by atomic mass is 19.4. The van der Waals surface area contributed by atoms with Crippen LogP contribution in [0.4, 0.5) is 18.9 Å². The van der Waals surface area contributed by atoms with Gasteiger partial charge in [-0.3, -0.25) is 4.79 Å². The molecule has 0 aliphatic heterocycles. The van der Waals surface area contributed by atoms with Gasteiger partial charge in [0, 0.05) is 29.4 Å². The van der Waals surface area contributed by atoms with Gasteiger partial charge in [0.15, 0.2) is 0 Å². The molecule has 0 spiro atoms. The molecule has 29 heavy (non-hydrogen) atoms. The Hall–Kier alpha value is -2.96. The molecule has 0 unspecified atom stereocenters. The normalized spacial score (nSPS) is 18.6. The molecule has 2 N–H and O–H groups in total. The van der Waals surface area contributed by atoms with E-state index in [1.165, 1.54) is 12.1 Å². The number of nitrogens with one attached hydrogen (secondary N) is 2. The van der Waals surface area contributed by atoms with E-state index in [1.54, 1.807) is 6.20 Å². The molecule has 1 amide bonds. The van der Waals surface area contributed by atoms with Crippen molar-refractivity contribution >= 4 is 22.5 Å². The first-order valence-electron chi connectivity index (χ1n) is 9.52. The minimum atomic E-state index is -4.35. The van der Waals surface area contributed by atoms with Crippen LogP contribution in [0, 0.1) is 11.8 Å². The van der Waals surface area contributed by atoms with Gasteiger partial charge in [-0.1, -0.05) is 13.0 Å². The van der Waals surface area contributed by atoms with Gasteiger partial charge >= 0.3 is 6.18 Å². The van der Waals surface area contributed by atoms with Gasteiger partial charge in [-0.05, 0) is 54.3 Å². The summed E-state index contributed by atoms with van der Waals surface area (Å²) in [5, 5.41) is 3.92. The molecular formula is C22H21F3N2O2. The fourth-order valence-electron chi connectivity index (χ4n) is 3.37. The number of aromatic nitrogens is 1. The minimum absolute atomic E-state index is 0.0504. The number of anilines is 1. The molecule has 3 aromatic rings. The van der Waals surface area contributed by atoms with Gasteiger partial charge in [-0.25, -0.2) is 0 Å². The highest BCUT2D eigenvalue weighted by Gasteiger charge is 2.39. The summed E-state index contributed by atoms with van der Waals surface area (Å²) >= 11 is 0. The van der Waals surface area contributed by atoms with E-state index in [0.717, 1.165) is 40.7 Å². The maximum Gasteiger partial charge on any atom is 0.416 e. The van der Waals surface area contributed by atoms with Gasteiger partial charge in [0.1, 0.15) is 5.75 Å². The van der Waals surface area contributed by atoms with Crippen LogP contribution in [0.1, 0.15) is 24.5 Å². The quantitative estimate of drug-likeness (QED) is 0.580. The van der Waals surface area contributed by atoms with Crippen LogP contribution in [-0.4, -0.2) is 17.5 Å². The van der Waals surface area contributed by atoms with E-state index in [0.29, 0.717) is 24.7 Å². The van der Waals surface area contributed by atoms with Gasteiger partial charge < -0.3 is 15.0 Å². The molecular weight excluding hydrogens is 381 g/mol. The Bertz CT molecular complexity index is 1020. The van der Waals surface area contributed by atoms with Crippen LogP contribution in [0.5, 0.6) is 5.75 Å². The monoisotopic (exact) mass is 402 g/mol. The molecule has 1 heterocycles. The number of amides is 1. The number of hydrogen-bond acceptors (Lipinski definition) is 2. The van der Waals surface area contributed by atoms with Crippen LogP contribution in [0.3, 0.4) is 0 Å². The summed E-state index contributed by atoms with van der Waals surface area (Å²) in [6.45, 7) is 2.40. The first-order valence-corrected chi connectivity index (χ1v) is 9.52. The van der Waals surface area contributed by atoms with Crippen LogP contribution < -0.4 is 10.1 Å². The Labute approximate surface area is 166 Å². The van der Waals surface area contributed by atoms with Crippen molar-refractivity contribution < 1.29 is 22.7 Å². The molecule has 0 bridgehead atoms. The summed E-state index contributed by atoms with van der Waals surface area (Å²) < 4.78 is 43.4. The summed E-state index contributed by atoms with van der Waals surface area (Å²) in [6.07, 6.45) is -1.04. The summed E-state index contributed by atoms with van der Waals surface area (Å²) in [5.74, 6) is 0.986. The lowest BCUT2D eigenvalue weighted by Crippen LogP contribution is -2.14. The average molecular weight is 402 g/mol. The van der Waals surface area contributed by atoms with Crippen LogP contribution in [-0.2, 0) is 17.4 Å². The van der Waals surface area contributed by atoms with Crippen molar-refractivity contribution in [1.29, 1.82) is 0 Å². The zero-order chi connectivity index (χ0) is 20.6. The Morgan fingerprint density at radius 2 is 1.93 bits per heavy atom. The van der Waals surface area contributed by atoms with Crippen LogP contribution >= 0.6 is 0 Å². The summed E-state index contributed by atoms with van der Waals surface area (Å²) in [4.78, 5) is 15.4. The smallest absolute Gasteiger partial charge is 0.416 e. The predicted molar refractivity (Wildman–Crippen MR) is 105 cm³/mol. The second kappa shape index (κ2) is 7.46. The van der Waals surface area contributed by atoms with Crippen molar-refractivity contribution in [1.82, 2.24) is 4.98 Å². The lowest BCUT2D eigenvalue weighted by Gasteiger charge is -2.09. The number of aromatic amines is 1. The number of ether oxygens (including phenoxy) is 1. The predicted octanol–water partition coefficient (Wildman–Crippen LogP) is 5.40. The van der Waals surface area contributed by atoms with E-state index in [9.17, 15) is 18.0 Å². The van der Waals surface area contributed by atoms with Crippen molar-refractivity contribution in [2.45, 2.75) is 25.9 Å². The molecule has 2 aromatic carbocycles. The third-order valence-electron chi connectivity index (χ3n) is 5.29. The largest absolute Gasteiger partial charge is 0.493 e. The van der Waals surface area contributed by atoms with Crippen molar-refractivity contribution in [3.05, 3.63) is 59.8 Å². The average Bonchev–Trinajstić information content (AvgIpc) is 3.29. The molecule has 4 rings (SSSR count). The fourth-order valence-corrected chi connectivity index (χ4v) is 3.37. The number of halogens is 3. The molecule has 1 fully saturated rings. The van der Waals surface area contributed by atoms with Crippen molar-refractivity contribution in [3.8, 4) is 5.75 Å². The number of carbonyl (C=O) groups is 1. The third kappa shape index (κ3) is 4.39. The zero-order valence-corrected chi connectivity index (χ0v) is 15.8. The van der Waals surface area contributed by atoms with Crippen molar-refractivity contribution in [3.63, 3.8) is 0 Å². The summed E-state index contributed by atoms with van der Waals surface area (Å²) in [7, 11) is 0. The van der Waals surface area contributed by atoms with Crippen molar-refractivity contribution in [2.24, 2.45) is 11.8 Å². The third-order valence-corrected chi connectivity index (χ3v) is 5.29. The van der Waals surface area contributed by atoms with E-state index >= 15 is 0 Å². The Kier molecular flexibility index (Phi) is 4.98.